The van der Waals surface area contributed by atoms with Gasteiger partial charge >= 0.3 is 6.09 Å². The van der Waals surface area contributed by atoms with Gasteiger partial charge in [0, 0.05) is 45.2 Å². The van der Waals surface area contributed by atoms with Gasteiger partial charge in [0.2, 0.25) is 5.91 Å². The van der Waals surface area contributed by atoms with Crippen LogP contribution in [0.5, 0.6) is 5.75 Å². The van der Waals surface area contributed by atoms with E-state index >= 15 is 0 Å². The fourth-order valence-electron chi connectivity index (χ4n) is 7.64. The summed E-state index contributed by atoms with van der Waals surface area (Å²) < 4.78 is 11.2. The average molecular weight is 560 g/mol. The van der Waals surface area contributed by atoms with Crippen LogP contribution in [0, 0.1) is 11.3 Å². The number of piperidine rings is 1. The molecule has 0 bridgehead atoms. The Morgan fingerprint density at radius 2 is 1.56 bits per heavy atom. The van der Waals surface area contributed by atoms with Gasteiger partial charge in [0.25, 0.3) is 0 Å². The van der Waals surface area contributed by atoms with Crippen molar-refractivity contribution in [3.63, 3.8) is 0 Å². The maximum absolute atomic E-state index is 14.0. The number of benzene rings is 2. The van der Waals surface area contributed by atoms with E-state index in [-0.39, 0.29) is 29.9 Å². The second-order valence-electron chi connectivity index (χ2n) is 12.8. The third-order valence-electron chi connectivity index (χ3n) is 10.2. The zero-order valence-electron chi connectivity index (χ0n) is 24.5. The molecule has 6 rings (SSSR count). The predicted octanol–water partition coefficient (Wildman–Crippen LogP) is 5.69. The van der Waals surface area contributed by atoms with Gasteiger partial charge in [-0.1, -0.05) is 48.9 Å². The number of hydrogen-bond donors (Lipinski definition) is 0. The summed E-state index contributed by atoms with van der Waals surface area (Å²) in [5.41, 5.74) is 2.75. The van der Waals surface area contributed by atoms with Gasteiger partial charge in [0.05, 0.1) is 13.0 Å². The van der Waals surface area contributed by atoms with E-state index in [4.69, 9.17) is 9.47 Å². The summed E-state index contributed by atoms with van der Waals surface area (Å²) in [6.07, 6.45) is 8.47. The highest BCUT2D eigenvalue weighted by atomic mass is 16.6. The highest BCUT2D eigenvalue weighted by Gasteiger charge is 2.46. The van der Waals surface area contributed by atoms with Gasteiger partial charge in [-0.15, -0.1) is 0 Å². The topological polar surface area (TPSA) is 62.3 Å². The highest BCUT2D eigenvalue weighted by molar-refractivity contribution is 5.82. The van der Waals surface area contributed by atoms with Gasteiger partial charge in [-0.05, 0) is 80.2 Å². The molecule has 1 aliphatic carbocycles. The van der Waals surface area contributed by atoms with E-state index in [1.807, 2.05) is 30.3 Å². The standard InChI is InChI=1S/C34H45N3O4/c1-40-28-14-12-26(13-15-28)22-35-19-16-34(25-35)17-20-36(21-18-34)32(38)31-24-37(23-30(31)27-8-4-2-5-9-27)33(39)41-29-10-6-3-7-11-29/h2,4-5,8-9,12-15,29-31H,3,6-7,10-11,16-25H2,1H3/t30-,31-/m1/s1. The zero-order valence-corrected chi connectivity index (χ0v) is 24.5. The van der Waals surface area contributed by atoms with Gasteiger partial charge in [-0.25, -0.2) is 4.79 Å². The summed E-state index contributed by atoms with van der Waals surface area (Å²) in [7, 11) is 1.70. The molecule has 2 aromatic rings. The van der Waals surface area contributed by atoms with Gasteiger partial charge in [-0.2, -0.15) is 0 Å². The minimum Gasteiger partial charge on any atom is -0.497 e. The number of hydrogen-bond acceptors (Lipinski definition) is 5. The molecule has 2 aromatic carbocycles. The van der Waals surface area contributed by atoms with Gasteiger partial charge in [0.1, 0.15) is 11.9 Å². The van der Waals surface area contributed by atoms with Crippen LogP contribution in [0.25, 0.3) is 0 Å². The van der Waals surface area contributed by atoms with E-state index in [1.165, 1.54) is 18.4 Å². The molecule has 3 heterocycles. The smallest absolute Gasteiger partial charge is 0.410 e. The lowest BCUT2D eigenvalue weighted by Gasteiger charge is -2.40. The number of nitrogens with zero attached hydrogens (tertiary/aromatic N) is 3. The SMILES string of the molecule is COc1ccc(CN2CCC3(CCN(C(=O)[C@@H]4CN(C(=O)OC5CCCCC5)C[C@@H]4c4ccccc4)CC3)C2)cc1. The average Bonchev–Trinajstić information content (AvgIpc) is 3.64. The van der Waals surface area contributed by atoms with Crippen LogP contribution in [0.15, 0.2) is 54.6 Å². The molecule has 2 amide bonds. The summed E-state index contributed by atoms with van der Waals surface area (Å²) in [4.78, 5) is 33.7. The summed E-state index contributed by atoms with van der Waals surface area (Å²) >= 11 is 0. The van der Waals surface area contributed by atoms with Crippen molar-refractivity contribution < 1.29 is 19.1 Å². The van der Waals surface area contributed by atoms with E-state index in [1.54, 1.807) is 12.0 Å². The Morgan fingerprint density at radius 1 is 0.854 bits per heavy atom. The van der Waals surface area contributed by atoms with E-state index in [2.05, 4.69) is 34.1 Å². The van der Waals surface area contributed by atoms with Crippen molar-refractivity contribution in [1.29, 1.82) is 0 Å². The Bertz CT molecular complexity index is 1170. The van der Waals surface area contributed by atoms with E-state index < -0.39 is 0 Å². The van der Waals surface area contributed by atoms with Gasteiger partial charge in [-0.3, -0.25) is 9.69 Å². The largest absolute Gasteiger partial charge is 0.497 e. The fraction of sp³-hybridized carbons (Fsp3) is 0.588. The van der Waals surface area contributed by atoms with Crippen molar-refractivity contribution in [3.8, 4) is 5.75 Å². The van der Waals surface area contributed by atoms with Crippen LogP contribution in [0.3, 0.4) is 0 Å². The maximum Gasteiger partial charge on any atom is 0.410 e. The molecule has 3 saturated heterocycles. The second kappa shape index (κ2) is 12.4. The molecule has 7 heteroatoms. The van der Waals surface area contributed by atoms with Crippen LogP contribution in [0.2, 0.25) is 0 Å². The first-order chi connectivity index (χ1) is 20.0. The van der Waals surface area contributed by atoms with Crippen LogP contribution >= 0.6 is 0 Å². The minimum atomic E-state index is -0.242. The van der Waals surface area contributed by atoms with Crippen LogP contribution in [0.1, 0.15) is 68.4 Å². The van der Waals surface area contributed by atoms with Crippen LogP contribution in [0.4, 0.5) is 4.79 Å². The number of amides is 2. The van der Waals surface area contributed by atoms with Crippen LogP contribution in [-0.4, -0.2) is 79.2 Å². The molecule has 0 aromatic heterocycles. The first kappa shape index (κ1) is 28.1. The van der Waals surface area contributed by atoms with E-state index in [9.17, 15) is 9.59 Å². The molecule has 0 unspecified atom stereocenters. The fourth-order valence-corrected chi connectivity index (χ4v) is 7.64. The van der Waals surface area contributed by atoms with Crippen molar-refractivity contribution in [1.82, 2.24) is 14.7 Å². The molecular weight excluding hydrogens is 514 g/mol. The molecule has 4 fully saturated rings. The number of rotatable bonds is 6. The Morgan fingerprint density at radius 3 is 2.27 bits per heavy atom. The monoisotopic (exact) mass is 559 g/mol. The van der Waals surface area contributed by atoms with Gasteiger partial charge < -0.3 is 19.3 Å². The molecule has 0 N–H and O–H groups in total. The summed E-state index contributed by atoms with van der Waals surface area (Å²) in [6, 6.07) is 18.7. The first-order valence-electron chi connectivity index (χ1n) is 15.7. The second-order valence-corrected chi connectivity index (χ2v) is 12.8. The lowest BCUT2D eigenvalue weighted by Crippen LogP contribution is -2.47. The molecular formula is C34H45N3O4. The molecule has 1 spiro atoms. The predicted molar refractivity (Wildman–Crippen MR) is 159 cm³/mol. The minimum absolute atomic E-state index is 0.00459. The number of ether oxygens (including phenoxy) is 2. The number of carbonyl (C=O) groups is 2. The van der Waals surface area contributed by atoms with Crippen molar-refractivity contribution in [2.45, 2.75) is 69.9 Å². The van der Waals surface area contributed by atoms with Crippen molar-refractivity contribution >= 4 is 12.0 Å². The zero-order chi connectivity index (χ0) is 28.2. The number of methoxy groups -OCH3 is 1. The molecule has 0 radical (unpaired) electrons. The highest BCUT2D eigenvalue weighted by Crippen LogP contribution is 2.42. The molecule has 1 saturated carbocycles. The molecule has 2 atom stereocenters. The van der Waals surface area contributed by atoms with Crippen molar-refractivity contribution in [2.75, 3.05) is 46.4 Å². The Balaban J connectivity index is 1.07. The number of carbonyl (C=O) groups excluding carboxylic acids is 2. The molecule has 41 heavy (non-hydrogen) atoms. The lowest BCUT2D eigenvalue weighted by molar-refractivity contribution is -0.137. The lowest BCUT2D eigenvalue weighted by atomic mass is 9.77. The Hall–Kier alpha value is -3.06. The van der Waals surface area contributed by atoms with Crippen LogP contribution in [-0.2, 0) is 16.1 Å². The Kier molecular flexibility index (Phi) is 8.52. The van der Waals surface area contributed by atoms with Crippen LogP contribution < -0.4 is 4.74 Å². The quantitative estimate of drug-likeness (QED) is 0.455. The Labute approximate surface area is 244 Å². The van der Waals surface area contributed by atoms with E-state index in [0.717, 1.165) is 82.6 Å². The summed E-state index contributed by atoms with van der Waals surface area (Å²) in [6.45, 7) is 5.77. The van der Waals surface area contributed by atoms with Gasteiger partial charge in [0.15, 0.2) is 0 Å². The summed E-state index contributed by atoms with van der Waals surface area (Å²) in [5, 5.41) is 0. The molecule has 7 nitrogen and oxygen atoms in total. The van der Waals surface area contributed by atoms with Crippen molar-refractivity contribution in [2.24, 2.45) is 11.3 Å². The molecule has 3 aliphatic heterocycles. The molecule has 4 aliphatic rings. The summed E-state index contributed by atoms with van der Waals surface area (Å²) in [5.74, 6) is 0.880. The third-order valence-corrected chi connectivity index (χ3v) is 10.2. The molecule has 220 valence electrons. The normalized spacial score (nSPS) is 25.0. The first-order valence-corrected chi connectivity index (χ1v) is 15.7. The number of likely N-dealkylation sites (tertiary alicyclic amines) is 3. The third kappa shape index (κ3) is 6.40. The maximum atomic E-state index is 14.0. The van der Waals surface area contributed by atoms with Crippen molar-refractivity contribution in [3.05, 3.63) is 65.7 Å². The van der Waals surface area contributed by atoms with E-state index in [0.29, 0.717) is 18.5 Å².